The number of ether oxygens (including phenoxy) is 1. The van der Waals surface area contributed by atoms with E-state index in [2.05, 4.69) is 10.5 Å². The van der Waals surface area contributed by atoms with Gasteiger partial charge in [-0.2, -0.15) is 5.10 Å². The Labute approximate surface area is 174 Å². The molecule has 0 saturated heterocycles. The summed E-state index contributed by atoms with van der Waals surface area (Å²) in [5, 5.41) is 6.28. The highest BCUT2D eigenvalue weighted by Crippen LogP contribution is 2.30. The van der Waals surface area contributed by atoms with Gasteiger partial charge in [-0.15, -0.1) is 0 Å². The van der Waals surface area contributed by atoms with Gasteiger partial charge in [0.15, 0.2) is 0 Å². The summed E-state index contributed by atoms with van der Waals surface area (Å²) in [5.41, 5.74) is 5.51. The number of esters is 1. The quantitative estimate of drug-likeness (QED) is 0.490. The molecule has 1 aliphatic rings. The SMILES string of the molecule is CCCOC(=O)c1oc2c(c1C)/C(=N/NC(=O)c1cccc3ccccc13)CCC2. The van der Waals surface area contributed by atoms with Gasteiger partial charge in [0, 0.05) is 23.1 Å². The largest absolute Gasteiger partial charge is 0.460 e. The van der Waals surface area contributed by atoms with Crippen LogP contribution in [0.25, 0.3) is 10.8 Å². The maximum atomic E-state index is 12.8. The maximum Gasteiger partial charge on any atom is 0.374 e. The summed E-state index contributed by atoms with van der Waals surface area (Å²) in [7, 11) is 0. The van der Waals surface area contributed by atoms with Gasteiger partial charge in [-0.1, -0.05) is 43.3 Å². The van der Waals surface area contributed by atoms with Gasteiger partial charge in [-0.3, -0.25) is 4.79 Å². The lowest BCUT2D eigenvalue weighted by Crippen LogP contribution is -2.22. The highest BCUT2D eigenvalue weighted by molar-refractivity contribution is 6.09. The van der Waals surface area contributed by atoms with Crippen LogP contribution in [0.15, 0.2) is 52.0 Å². The minimum atomic E-state index is -0.456. The molecule has 3 aromatic rings. The molecule has 1 aromatic heterocycles. The van der Waals surface area contributed by atoms with Crippen molar-refractivity contribution in [3.05, 3.63) is 70.7 Å². The van der Waals surface area contributed by atoms with Crippen molar-refractivity contribution in [1.82, 2.24) is 5.43 Å². The van der Waals surface area contributed by atoms with E-state index in [0.29, 0.717) is 24.2 Å². The van der Waals surface area contributed by atoms with Gasteiger partial charge in [0.25, 0.3) is 5.91 Å². The van der Waals surface area contributed by atoms with Gasteiger partial charge >= 0.3 is 5.97 Å². The first kappa shape index (κ1) is 19.9. The Balaban J connectivity index is 1.61. The molecule has 4 rings (SSSR count). The van der Waals surface area contributed by atoms with E-state index in [0.717, 1.165) is 47.1 Å². The number of hydrazone groups is 1. The summed E-state index contributed by atoms with van der Waals surface area (Å²) in [6.45, 7) is 4.13. The number of aryl methyl sites for hydroxylation is 1. The first-order chi connectivity index (χ1) is 14.6. The lowest BCUT2D eigenvalue weighted by molar-refractivity contribution is 0.0465. The van der Waals surface area contributed by atoms with Crippen molar-refractivity contribution < 1.29 is 18.7 Å². The molecule has 6 nitrogen and oxygen atoms in total. The summed E-state index contributed by atoms with van der Waals surface area (Å²) in [5.74, 6) is 0.224. The molecule has 0 fully saturated rings. The highest BCUT2D eigenvalue weighted by atomic mass is 16.5. The number of carbonyl (C=O) groups is 2. The number of amides is 1. The Morgan fingerprint density at radius 3 is 2.77 bits per heavy atom. The van der Waals surface area contributed by atoms with Gasteiger partial charge in [0.2, 0.25) is 5.76 Å². The summed E-state index contributed by atoms with van der Waals surface area (Å²) in [6.07, 6.45) is 3.02. The average Bonchev–Trinajstić information content (AvgIpc) is 3.12. The van der Waals surface area contributed by atoms with Crippen LogP contribution in [-0.2, 0) is 11.2 Å². The van der Waals surface area contributed by atoms with Crippen LogP contribution in [0.5, 0.6) is 0 Å². The van der Waals surface area contributed by atoms with Crippen molar-refractivity contribution in [3.63, 3.8) is 0 Å². The number of nitrogens with one attached hydrogen (secondary N) is 1. The second-order valence-electron chi connectivity index (χ2n) is 7.37. The molecule has 1 heterocycles. The van der Waals surface area contributed by atoms with E-state index in [4.69, 9.17) is 9.15 Å². The molecule has 0 atom stereocenters. The van der Waals surface area contributed by atoms with Crippen molar-refractivity contribution in [1.29, 1.82) is 0 Å². The van der Waals surface area contributed by atoms with Crippen LogP contribution in [0.3, 0.4) is 0 Å². The zero-order valence-electron chi connectivity index (χ0n) is 17.2. The van der Waals surface area contributed by atoms with Crippen molar-refractivity contribution >= 4 is 28.4 Å². The Hall–Kier alpha value is -3.41. The second-order valence-corrected chi connectivity index (χ2v) is 7.37. The lowest BCUT2D eigenvalue weighted by atomic mass is 9.93. The lowest BCUT2D eigenvalue weighted by Gasteiger charge is -2.13. The fraction of sp³-hybridized carbons (Fsp3) is 0.292. The number of furan rings is 1. The zero-order chi connectivity index (χ0) is 21.1. The fourth-order valence-electron chi connectivity index (χ4n) is 3.84. The van der Waals surface area contributed by atoms with E-state index in [-0.39, 0.29) is 11.7 Å². The Morgan fingerprint density at radius 2 is 1.93 bits per heavy atom. The van der Waals surface area contributed by atoms with Gasteiger partial charge in [0.1, 0.15) is 5.76 Å². The fourth-order valence-corrected chi connectivity index (χ4v) is 3.84. The first-order valence-electron chi connectivity index (χ1n) is 10.2. The van der Waals surface area contributed by atoms with Gasteiger partial charge in [-0.25, -0.2) is 10.2 Å². The molecule has 2 aromatic carbocycles. The molecule has 1 amide bonds. The molecular formula is C24H24N2O4. The zero-order valence-corrected chi connectivity index (χ0v) is 17.2. The third-order valence-electron chi connectivity index (χ3n) is 5.28. The smallest absolute Gasteiger partial charge is 0.374 e. The summed E-state index contributed by atoms with van der Waals surface area (Å²) >= 11 is 0. The van der Waals surface area contributed by atoms with Crippen LogP contribution in [-0.4, -0.2) is 24.2 Å². The molecule has 1 N–H and O–H groups in total. The van der Waals surface area contributed by atoms with Crippen molar-refractivity contribution in [2.45, 2.75) is 39.5 Å². The van der Waals surface area contributed by atoms with E-state index in [9.17, 15) is 9.59 Å². The number of rotatable bonds is 5. The molecule has 30 heavy (non-hydrogen) atoms. The van der Waals surface area contributed by atoms with Crippen molar-refractivity contribution in [3.8, 4) is 0 Å². The number of carbonyl (C=O) groups excluding carboxylic acids is 2. The first-order valence-corrected chi connectivity index (χ1v) is 10.2. The molecule has 154 valence electrons. The van der Waals surface area contributed by atoms with E-state index >= 15 is 0 Å². The predicted molar refractivity (Wildman–Crippen MR) is 115 cm³/mol. The number of nitrogens with zero attached hydrogens (tertiary/aromatic N) is 1. The molecule has 0 saturated carbocycles. The van der Waals surface area contributed by atoms with E-state index in [1.54, 1.807) is 6.07 Å². The van der Waals surface area contributed by atoms with Crippen LogP contribution in [0.2, 0.25) is 0 Å². The molecule has 0 aliphatic heterocycles. The van der Waals surface area contributed by atoms with Gasteiger partial charge in [0.05, 0.1) is 12.3 Å². The number of hydrogen-bond donors (Lipinski definition) is 1. The number of benzene rings is 2. The molecule has 0 spiro atoms. The Bertz CT molecular complexity index is 1140. The topological polar surface area (TPSA) is 80.9 Å². The standard InChI is InChI=1S/C24H24N2O4/c1-3-14-29-24(28)22-15(2)21-19(12-7-13-20(21)30-22)25-26-23(27)18-11-6-9-16-8-4-5-10-17(16)18/h4-6,8-11H,3,7,12-14H2,1-2H3,(H,26,27)/b25-19+. The average molecular weight is 404 g/mol. The third kappa shape index (κ3) is 3.73. The minimum Gasteiger partial charge on any atom is -0.460 e. The minimum absolute atomic E-state index is 0.225. The van der Waals surface area contributed by atoms with Crippen LogP contribution in [0.1, 0.15) is 64.0 Å². The van der Waals surface area contributed by atoms with E-state index in [1.807, 2.05) is 50.2 Å². The Morgan fingerprint density at radius 1 is 1.13 bits per heavy atom. The molecule has 0 bridgehead atoms. The van der Waals surface area contributed by atoms with Crippen molar-refractivity contribution in [2.75, 3.05) is 6.61 Å². The second kappa shape index (κ2) is 8.53. The molecular weight excluding hydrogens is 380 g/mol. The highest BCUT2D eigenvalue weighted by Gasteiger charge is 2.28. The third-order valence-corrected chi connectivity index (χ3v) is 5.28. The van der Waals surface area contributed by atoms with Gasteiger partial charge in [-0.05, 0) is 43.0 Å². The van der Waals surface area contributed by atoms with E-state index in [1.165, 1.54) is 0 Å². The molecule has 0 unspecified atom stereocenters. The normalized spacial score (nSPS) is 14.5. The van der Waals surface area contributed by atoms with Crippen LogP contribution in [0.4, 0.5) is 0 Å². The van der Waals surface area contributed by atoms with Gasteiger partial charge < -0.3 is 9.15 Å². The van der Waals surface area contributed by atoms with E-state index < -0.39 is 5.97 Å². The Kier molecular flexibility index (Phi) is 5.65. The molecule has 6 heteroatoms. The summed E-state index contributed by atoms with van der Waals surface area (Å²) in [4.78, 5) is 25.1. The summed E-state index contributed by atoms with van der Waals surface area (Å²) < 4.78 is 11.0. The maximum absolute atomic E-state index is 12.8. The molecule has 0 radical (unpaired) electrons. The van der Waals surface area contributed by atoms with Crippen LogP contribution in [0, 0.1) is 6.92 Å². The van der Waals surface area contributed by atoms with Crippen LogP contribution < -0.4 is 5.43 Å². The predicted octanol–water partition coefficient (Wildman–Crippen LogP) is 4.78. The number of hydrogen-bond acceptors (Lipinski definition) is 5. The monoisotopic (exact) mass is 404 g/mol. The van der Waals surface area contributed by atoms with Crippen LogP contribution >= 0.6 is 0 Å². The summed E-state index contributed by atoms with van der Waals surface area (Å²) in [6, 6.07) is 13.4. The molecule has 1 aliphatic carbocycles. The number of fused-ring (bicyclic) bond motifs is 2. The van der Waals surface area contributed by atoms with Crippen molar-refractivity contribution in [2.24, 2.45) is 5.10 Å².